The Balaban J connectivity index is 1.53. The number of nitrogens with zero attached hydrogens (tertiary/aromatic N) is 3. The quantitative estimate of drug-likeness (QED) is 0.491. The Morgan fingerprint density at radius 2 is 1.88 bits per heavy atom. The molecule has 2 aromatic carbocycles. The number of aromatic amines is 1. The van der Waals surface area contributed by atoms with Crippen LogP contribution < -0.4 is 14.8 Å². The molecule has 3 aromatic rings. The molecule has 2 amide bonds. The number of hydrazone groups is 1. The van der Waals surface area contributed by atoms with Gasteiger partial charge in [-0.1, -0.05) is 30.8 Å². The molecule has 0 fully saturated rings. The maximum absolute atomic E-state index is 12.8. The number of aromatic nitrogens is 2. The molecule has 0 spiro atoms. The van der Waals surface area contributed by atoms with Crippen LogP contribution in [-0.4, -0.2) is 51.5 Å². The minimum Gasteiger partial charge on any atom is -0.493 e. The SMILES string of the molecule is CCC1SC(=O)N(Cc2ccc(NC(=O)c3cc[nH]n3)cc2)N=C1c1ccc(OC)c(OC)c1. The van der Waals surface area contributed by atoms with Crippen molar-refractivity contribution in [3.63, 3.8) is 0 Å². The number of amides is 2. The second-order valence-corrected chi connectivity index (χ2v) is 8.66. The fraction of sp³-hybridized carbons (Fsp3) is 0.250. The van der Waals surface area contributed by atoms with E-state index in [2.05, 4.69) is 15.5 Å². The summed E-state index contributed by atoms with van der Waals surface area (Å²) in [6, 6.07) is 14.5. The smallest absolute Gasteiger partial charge is 0.302 e. The largest absolute Gasteiger partial charge is 0.493 e. The van der Waals surface area contributed by atoms with Crippen molar-refractivity contribution in [1.29, 1.82) is 0 Å². The molecule has 4 rings (SSSR count). The molecule has 10 heteroatoms. The third kappa shape index (κ3) is 5.07. The average molecular weight is 480 g/mol. The number of anilines is 1. The first-order chi connectivity index (χ1) is 16.5. The maximum Gasteiger partial charge on any atom is 0.302 e. The first-order valence-corrected chi connectivity index (χ1v) is 11.6. The van der Waals surface area contributed by atoms with Gasteiger partial charge in [0.15, 0.2) is 11.5 Å². The van der Waals surface area contributed by atoms with Crippen molar-refractivity contribution < 1.29 is 19.1 Å². The van der Waals surface area contributed by atoms with Crippen molar-refractivity contribution in [3.8, 4) is 11.5 Å². The Kier molecular flexibility index (Phi) is 7.17. The van der Waals surface area contributed by atoms with Crippen LogP contribution in [0.5, 0.6) is 11.5 Å². The Morgan fingerprint density at radius 3 is 2.53 bits per heavy atom. The molecule has 2 heterocycles. The van der Waals surface area contributed by atoms with Gasteiger partial charge in [0.2, 0.25) is 0 Å². The number of rotatable bonds is 8. The van der Waals surface area contributed by atoms with Gasteiger partial charge in [0.05, 0.1) is 31.7 Å². The molecule has 34 heavy (non-hydrogen) atoms. The number of carbonyl (C=O) groups excluding carboxylic acids is 2. The lowest BCUT2D eigenvalue weighted by Crippen LogP contribution is -2.34. The fourth-order valence-corrected chi connectivity index (χ4v) is 4.47. The van der Waals surface area contributed by atoms with E-state index in [1.807, 2.05) is 37.3 Å². The number of nitrogens with one attached hydrogen (secondary N) is 2. The Hall–Kier alpha value is -3.79. The molecular formula is C24H25N5O4S. The zero-order chi connectivity index (χ0) is 24.1. The second-order valence-electron chi connectivity index (χ2n) is 7.50. The lowest BCUT2D eigenvalue weighted by atomic mass is 10.0. The van der Waals surface area contributed by atoms with Crippen LogP contribution in [0.2, 0.25) is 0 Å². The minimum absolute atomic E-state index is 0.0542. The summed E-state index contributed by atoms with van der Waals surface area (Å²) in [4.78, 5) is 24.9. The Labute approximate surface area is 201 Å². The van der Waals surface area contributed by atoms with Crippen molar-refractivity contribution in [2.75, 3.05) is 19.5 Å². The Morgan fingerprint density at radius 1 is 1.12 bits per heavy atom. The average Bonchev–Trinajstić information content (AvgIpc) is 3.41. The van der Waals surface area contributed by atoms with E-state index in [4.69, 9.17) is 14.6 Å². The highest BCUT2D eigenvalue weighted by Gasteiger charge is 2.30. The summed E-state index contributed by atoms with van der Waals surface area (Å²) in [5, 5.41) is 15.3. The van der Waals surface area contributed by atoms with Gasteiger partial charge in [0, 0.05) is 17.4 Å². The van der Waals surface area contributed by atoms with Gasteiger partial charge in [0.1, 0.15) is 5.69 Å². The van der Waals surface area contributed by atoms with Gasteiger partial charge in [-0.25, -0.2) is 5.01 Å². The highest BCUT2D eigenvalue weighted by Crippen LogP contribution is 2.33. The van der Waals surface area contributed by atoms with Crippen molar-refractivity contribution in [3.05, 3.63) is 71.5 Å². The van der Waals surface area contributed by atoms with Crippen molar-refractivity contribution in [1.82, 2.24) is 15.2 Å². The lowest BCUT2D eigenvalue weighted by Gasteiger charge is -2.28. The first-order valence-electron chi connectivity index (χ1n) is 10.7. The van der Waals surface area contributed by atoms with Crippen molar-refractivity contribution in [2.45, 2.75) is 25.1 Å². The molecule has 1 unspecified atom stereocenters. The molecule has 1 aliphatic rings. The van der Waals surface area contributed by atoms with Crippen LogP contribution in [0.25, 0.3) is 0 Å². The first kappa shape index (κ1) is 23.4. The van der Waals surface area contributed by atoms with Gasteiger partial charge in [-0.05, 0) is 48.4 Å². The van der Waals surface area contributed by atoms with E-state index >= 15 is 0 Å². The molecular weight excluding hydrogens is 454 g/mol. The highest BCUT2D eigenvalue weighted by atomic mass is 32.2. The fourth-order valence-electron chi connectivity index (χ4n) is 3.54. The van der Waals surface area contributed by atoms with E-state index in [-0.39, 0.29) is 16.4 Å². The molecule has 0 saturated carbocycles. The van der Waals surface area contributed by atoms with E-state index in [0.717, 1.165) is 23.3 Å². The molecule has 0 saturated heterocycles. The van der Waals surface area contributed by atoms with E-state index < -0.39 is 0 Å². The van der Waals surface area contributed by atoms with Crippen LogP contribution in [-0.2, 0) is 6.54 Å². The summed E-state index contributed by atoms with van der Waals surface area (Å²) in [6.45, 7) is 2.35. The molecule has 176 valence electrons. The summed E-state index contributed by atoms with van der Waals surface area (Å²) in [7, 11) is 3.18. The number of methoxy groups -OCH3 is 2. The van der Waals surface area contributed by atoms with Crippen LogP contribution in [0.15, 0.2) is 59.8 Å². The van der Waals surface area contributed by atoms with Crippen LogP contribution in [0.3, 0.4) is 0 Å². The standard InChI is InChI=1S/C24H25N5O4S/c1-4-21-22(16-7-10-19(32-2)20(13-16)33-3)28-29(24(31)34-21)14-15-5-8-17(9-6-15)26-23(30)18-11-12-25-27-18/h5-13,21H,4,14H2,1-3H3,(H,25,27)(H,26,30). The van der Waals surface area contributed by atoms with Crippen LogP contribution in [0.1, 0.15) is 35.0 Å². The maximum atomic E-state index is 12.8. The van der Waals surface area contributed by atoms with Crippen LogP contribution in [0, 0.1) is 0 Å². The van der Waals surface area contributed by atoms with Crippen molar-refractivity contribution in [2.24, 2.45) is 5.10 Å². The predicted octanol–water partition coefficient (Wildman–Crippen LogP) is 4.53. The number of benzene rings is 2. The highest BCUT2D eigenvalue weighted by molar-refractivity contribution is 8.14. The van der Waals surface area contributed by atoms with Crippen LogP contribution in [0.4, 0.5) is 10.5 Å². The molecule has 9 nitrogen and oxygen atoms in total. The third-order valence-corrected chi connectivity index (χ3v) is 6.57. The number of carbonyl (C=O) groups is 2. The summed E-state index contributed by atoms with van der Waals surface area (Å²) in [5.74, 6) is 0.945. The molecule has 0 radical (unpaired) electrons. The lowest BCUT2D eigenvalue weighted by molar-refractivity contribution is 0.102. The van der Waals surface area contributed by atoms with Gasteiger partial charge >= 0.3 is 5.24 Å². The minimum atomic E-state index is -0.300. The third-order valence-electron chi connectivity index (χ3n) is 5.31. The topological polar surface area (TPSA) is 109 Å². The molecule has 0 aliphatic carbocycles. The molecule has 1 atom stereocenters. The number of hydrogen-bond donors (Lipinski definition) is 2. The molecule has 2 N–H and O–H groups in total. The van der Waals surface area contributed by atoms with Gasteiger partial charge in [-0.15, -0.1) is 0 Å². The van der Waals surface area contributed by atoms with E-state index in [1.165, 1.54) is 16.8 Å². The van der Waals surface area contributed by atoms with Crippen molar-refractivity contribution >= 4 is 34.3 Å². The second kappa shape index (κ2) is 10.4. The van der Waals surface area contributed by atoms with E-state index in [0.29, 0.717) is 29.4 Å². The number of H-pyrrole nitrogens is 1. The zero-order valence-corrected chi connectivity index (χ0v) is 19.9. The summed E-state index contributed by atoms with van der Waals surface area (Å²) < 4.78 is 10.8. The summed E-state index contributed by atoms with van der Waals surface area (Å²) in [5.41, 5.74) is 3.53. The van der Waals surface area contributed by atoms with Gasteiger partial charge < -0.3 is 14.8 Å². The molecule has 0 bridgehead atoms. The van der Waals surface area contributed by atoms with Crippen LogP contribution >= 0.6 is 11.8 Å². The Bertz CT molecular complexity index is 1190. The number of ether oxygens (including phenoxy) is 2. The van der Waals surface area contributed by atoms with Gasteiger partial charge in [0.25, 0.3) is 5.91 Å². The summed E-state index contributed by atoms with van der Waals surface area (Å²) >= 11 is 1.27. The predicted molar refractivity (Wildman–Crippen MR) is 132 cm³/mol. The molecule has 1 aliphatic heterocycles. The van der Waals surface area contributed by atoms with Gasteiger partial charge in [-0.3, -0.25) is 14.7 Å². The molecule has 1 aromatic heterocycles. The normalized spacial score (nSPS) is 15.6. The van der Waals surface area contributed by atoms with E-state index in [9.17, 15) is 9.59 Å². The summed E-state index contributed by atoms with van der Waals surface area (Å²) in [6.07, 6.45) is 2.35. The van der Waals surface area contributed by atoms with E-state index in [1.54, 1.807) is 38.6 Å². The monoisotopic (exact) mass is 479 g/mol. The number of hydrogen-bond acceptors (Lipinski definition) is 7. The zero-order valence-electron chi connectivity index (χ0n) is 19.1. The number of thioether (sulfide) groups is 1. The van der Waals surface area contributed by atoms with Gasteiger partial charge in [-0.2, -0.15) is 10.2 Å².